The summed E-state index contributed by atoms with van der Waals surface area (Å²) in [6.07, 6.45) is 12.0. The molecule has 1 atom stereocenters. The molecule has 0 aliphatic heterocycles. The van der Waals surface area contributed by atoms with E-state index in [1.165, 1.54) is 5.57 Å². The predicted molar refractivity (Wildman–Crippen MR) is 61.1 cm³/mol. The molecule has 0 fully saturated rings. The number of hydrogen-bond acceptors (Lipinski definition) is 1. The molecule has 0 aromatic carbocycles. The van der Waals surface area contributed by atoms with Gasteiger partial charge in [0.05, 0.1) is 6.10 Å². The molecule has 1 aliphatic carbocycles. The Labute approximate surface area is 87.2 Å². The zero-order valence-corrected chi connectivity index (χ0v) is 9.42. The Hall–Kier alpha value is -0.980. The van der Waals surface area contributed by atoms with Crippen LogP contribution < -0.4 is 0 Å². The summed E-state index contributed by atoms with van der Waals surface area (Å²) in [5.74, 6) is 1.05. The van der Waals surface area contributed by atoms with Crippen molar-refractivity contribution in [1.82, 2.24) is 0 Å². The first-order chi connectivity index (χ1) is 6.77. The van der Waals surface area contributed by atoms with E-state index in [1.807, 2.05) is 0 Å². The number of rotatable bonds is 4. The van der Waals surface area contributed by atoms with Gasteiger partial charge in [0.15, 0.2) is 0 Å². The minimum absolute atomic E-state index is 0.308. The quantitative estimate of drug-likeness (QED) is 0.654. The smallest absolute Gasteiger partial charge is 0.122 e. The first-order valence-corrected chi connectivity index (χ1v) is 5.50. The normalized spacial score (nSPS) is 18.2. The molecule has 0 N–H and O–H groups in total. The van der Waals surface area contributed by atoms with Crippen molar-refractivity contribution in [2.45, 2.75) is 46.1 Å². The van der Waals surface area contributed by atoms with E-state index in [2.05, 4.69) is 45.1 Å². The van der Waals surface area contributed by atoms with Gasteiger partial charge in [-0.05, 0) is 37.8 Å². The van der Waals surface area contributed by atoms with Crippen molar-refractivity contribution in [3.63, 3.8) is 0 Å². The molecule has 1 aliphatic rings. The maximum Gasteiger partial charge on any atom is 0.122 e. The van der Waals surface area contributed by atoms with Crippen molar-refractivity contribution >= 4 is 0 Å². The van der Waals surface area contributed by atoms with Crippen molar-refractivity contribution in [3.05, 3.63) is 35.6 Å². The van der Waals surface area contributed by atoms with Crippen LogP contribution in [0.25, 0.3) is 0 Å². The van der Waals surface area contributed by atoms with Gasteiger partial charge in [0.25, 0.3) is 0 Å². The highest BCUT2D eigenvalue weighted by atomic mass is 16.5. The second-order valence-corrected chi connectivity index (χ2v) is 3.61. The first kappa shape index (κ1) is 11.1. The molecule has 0 spiro atoms. The topological polar surface area (TPSA) is 9.23 Å². The standard InChI is InChI=1S/C13H20O/c1-4-11(3)14-13-10-8-6-7-9-12(13)5-2/h6,8-11H,4-5,7H2,1-3H3. The highest BCUT2D eigenvalue weighted by Gasteiger charge is 2.08. The van der Waals surface area contributed by atoms with E-state index in [4.69, 9.17) is 4.74 Å². The molecular formula is C13H20O. The van der Waals surface area contributed by atoms with Crippen molar-refractivity contribution < 1.29 is 4.74 Å². The van der Waals surface area contributed by atoms with E-state index in [0.29, 0.717) is 6.10 Å². The van der Waals surface area contributed by atoms with Gasteiger partial charge in [-0.1, -0.05) is 32.1 Å². The lowest BCUT2D eigenvalue weighted by atomic mass is 10.1. The molecule has 0 heterocycles. The molecule has 1 rings (SSSR count). The zero-order valence-electron chi connectivity index (χ0n) is 9.42. The van der Waals surface area contributed by atoms with Gasteiger partial charge in [-0.15, -0.1) is 0 Å². The molecule has 0 saturated carbocycles. The third-order valence-corrected chi connectivity index (χ3v) is 2.48. The molecule has 0 amide bonds. The molecular weight excluding hydrogens is 172 g/mol. The Balaban J connectivity index is 2.71. The second-order valence-electron chi connectivity index (χ2n) is 3.61. The molecule has 0 aromatic heterocycles. The molecule has 1 unspecified atom stereocenters. The van der Waals surface area contributed by atoms with Crippen molar-refractivity contribution in [2.24, 2.45) is 0 Å². The number of hydrogen-bond donors (Lipinski definition) is 0. The fraction of sp³-hybridized carbons (Fsp3) is 0.538. The maximum absolute atomic E-state index is 5.87. The molecule has 0 bridgehead atoms. The Morgan fingerprint density at radius 1 is 1.43 bits per heavy atom. The number of allylic oxidation sites excluding steroid dienone is 5. The maximum atomic E-state index is 5.87. The van der Waals surface area contributed by atoms with Gasteiger partial charge in [0.1, 0.15) is 5.76 Å². The summed E-state index contributed by atoms with van der Waals surface area (Å²) in [6, 6.07) is 0. The predicted octanol–water partition coefficient (Wildman–Crippen LogP) is 3.98. The average molecular weight is 192 g/mol. The second kappa shape index (κ2) is 5.69. The van der Waals surface area contributed by atoms with Crippen LogP contribution in [0.3, 0.4) is 0 Å². The SMILES string of the molecule is CCC1=CCC=CC=C1OC(C)CC. The van der Waals surface area contributed by atoms with Gasteiger partial charge in [0.2, 0.25) is 0 Å². The van der Waals surface area contributed by atoms with Gasteiger partial charge >= 0.3 is 0 Å². The average Bonchev–Trinajstić information content (AvgIpc) is 2.42. The highest BCUT2D eigenvalue weighted by molar-refractivity contribution is 5.32. The lowest BCUT2D eigenvalue weighted by molar-refractivity contribution is 0.134. The van der Waals surface area contributed by atoms with Crippen molar-refractivity contribution in [2.75, 3.05) is 0 Å². The molecule has 14 heavy (non-hydrogen) atoms. The summed E-state index contributed by atoms with van der Waals surface area (Å²) < 4.78 is 5.87. The van der Waals surface area contributed by atoms with Crippen LogP contribution >= 0.6 is 0 Å². The van der Waals surface area contributed by atoms with Gasteiger partial charge in [-0.25, -0.2) is 0 Å². The summed E-state index contributed by atoms with van der Waals surface area (Å²) in [7, 11) is 0. The van der Waals surface area contributed by atoms with E-state index in [0.717, 1.165) is 25.0 Å². The van der Waals surface area contributed by atoms with Crippen LogP contribution in [-0.4, -0.2) is 6.10 Å². The minimum Gasteiger partial charge on any atom is -0.490 e. The molecule has 0 saturated heterocycles. The molecule has 0 aromatic rings. The van der Waals surface area contributed by atoms with Crippen LogP contribution in [0.15, 0.2) is 35.6 Å². The first-order valence-electron chi connectivity index (χ1n) is 5.50. The van der Waals surface area contributed by atoms with Crippen LogP contribution in [0.5, 0.6) is 0 Å². The Morgan fingerprint density at radius 2 is 2.21 bits per heavy atom. The van der Waals surface area contributed by atoms with Crippen LogP contribution in [0, 0.1) is 0 Å². The summed E-state index contributed by atoms with van der Waals surface area (Å²) in [5, 5.41) is 0. The fourth-order valence-electron chi connectivity index (χ4n) is 1.39. The van der Waals surface area contributed by atoms with Crippen LogP contribution in [-0.2, 0) is 4.74 Å². The van der Waals surface area contributed by atoms with Crippen molar-refractivity contribution in [3.8, 4) is 0 Å². The largest absolute Gasteiger partial charge is 0.490 e. The lowest BCUT2D eigenvalue weighted by Crippen LogP contribution is -2.07. The van der Waals surface area contributed by atoms with Crippen LogP contribution in [0.4, 0.5) is 0 Å². The van der Waals surface area contributed by atoms with Gasteiger partial charge in [0, 0.05) is 0 Å². The van der Waals surface area contributed by atoms with Gasteiger partial charge < -0.3 is 4.74 Å². The minimum atomic E-state index is 0.308. The molecule has 78 valence electrons. The van der Waals surface area contributed by atoms with Gasteiger partial charge in [-0.2, -0.15) is 0 Å². The van der Waals surface area contributed by atoms with E-state index < -0.39 is 0 Å². The Kier molecular flexibility index (Phi) is 4.51. The Bertz CT molecular complexity index is 258. The molecule has 1 heteroatoms. The van der Waals surface area contributed by atoms with Crippen LogP contribution in [0.2, 0.25) is 0 Å². The van der Waals surface area contributed by atoms with Crippen LogP contribution in [0.1, 0.15) is 40.0 Å². The fourth-order valence-corrected chi connectivity index (χ4v) is 1.39. The highest BCUT2D eigenvalue weighted by Crippen LogP contribution is 2.21. The monoisotopic (exact) mass is 192 g/mol. The summed E-state index contributed by atoms with van der Waals surface area (Å²) in [6.45, 7) is 6.43. The third-order valence-electron chi connectivity index (χ3n) is 2.48. The lowest BCUT2D eigenvalue weighted by Gasteiger charge is -2.17. The summed E-state index contributed by atoms with van der Waals surface area (Å²) >= 11 is 0. The summed E-state index contributed by atoms with van der Waals surface area (Å²) in [5.41, 5.74) is 1.33. The van der Waals surface area contributed by atoms with E-state index in [9.17, 15) is 0 Å². The molecule has 0 radical (unpaired) electrons. The Morgan fingerprint density at radius 3 is 2.86 bits per heavy atom. The number of ether oxygens (including phenoxy) is 1. The van der Waals surface area contributed by atoms with Crippen molar-refractivity contribution in [1.29, 1.82) is 0 Å². The third kappa shape index (κ3) is 3.06. The zero-order chi connectivity index (χ0) is 10.4. The molecule has 1 nitrogen and oxygen atoms in total. The van der Waals surface area contributed by atoms with E-state index in [1.54, 1.807) is 0 Å². The van der Waals surface area contributed by atoms with Gasteiger partial charge in [-0.3, -0.25) is 0 Å². The van der Waals surface area contributed by atoms with E-state index in [-0.39, 0.29) is 0 Å². The van der Waals surface area contributed by atoms with E-state index >= 15 is 0 Å². The summed E-state index contributed by atoms with van der Waals surface area (Å²) in [4.78, 5) is 0.